The Morgan fingerprint density at radius 2 is 0.474 bits per heavy atom. The first-order valence-corrected chi connectivity index (χ1v) is 20.9. The van der Waals surface area contributed by atoms with Crippen LogP contribution in [-0.4, -0.2) is 24.6 Å². The number of unbranched alkanes of at least 4 members (excludes halogenated alkanes) is 20. The summed E-state index contributed by atoms with van der Waals surface area (Å²) in [7, 11) is -7.31. The Labute approximate surface area is 238 Å². The molecule has 0 radical (unpaired) electrons. The summed E-state index contributed by atoms with van der Waals surface area (Å²) in [5.41, 5.74) is 0. The van der Waals surface area contributed by atoms with Crippen LogP contribution in [0.15, 0.2) is 0 Å². The van der Waals surface area contributed by atoms with E-state index in [0.29, 0.717) is 0 Å². The first-order chi connectivity index (χ1) is 18.2. The predicted octanol–water partition coefficient (Wildman–Crippen LogP) is 14.7. The van der Waals surface area contributed by atoms with Gasteiger partial charge in [-0.3, -0.25) is 0 Å². The Hall–Kier alpha value is 0.580. The van der Waals surface area contributed by atoms with Crippen molar-refractivity contribution in [3.8, 4) is 0 Å². The van der Waals surface area contributed by atoms with Crippen molar-refractivity contribution >= 4 is 15.8 Å². The van der Waals surface area contributed by atoms with E-state index >= 15 is 0 Å². The van der Waals surface area contributed by atoms with Gasteiger partial charge in [-0.25, -0.2) is 0 Å². The Kier molecular flexibility index (Phi) is 32.7. The fourth-order valence-electron chi connectivity index (χ4n) is 5.58. The van der Waals surface area contributed by atoms with Crippen LogP contribution < -0.4 is 0 Å². The van der Waals surface area contributed by atoms with Crippen molar-refractivity contribution in [2.75, 3.05) is 24.6 Å². The summed E-state index contributed by atoms with van der Waals surface area (Å²) >= 11 is 0. The van der Waals surface area contributed by atoms with Gasteiger partial charge in [-0.15, -0.1) is 0 Å². The second-order valence-corrected chi connectivity index (χ2v) is 17.1. The van der Waals surface area contributed by atoms with Gasteiger partial charge in [-0.2, -0.15) is 0 Å². The number of halogens is 4. The predicted molar refractivity (Wildman–Crippen MR) is 173 cm³/mol. The Balaban J connectivity index is 0. The van der Waals surface area contributed by atoms with Crippen LogP contribution in [0.25, 0.3) is 0 Å². The first kappa shape index (κ1) is 40.7. The summed E-state index contributed by atoms with van der Waals surface area (Å²) in [5, 5.41) is 0. The van der Waals surface area contributed by atoms with Crippen LogP contribution in [0.2, 0.25) is 0 Å². The molecule has 0 nitrogen and oxygen atoms in total. The van der Waals surface area contributed by atoms with Crippen molar-refractivity contribution in [3.05, 3.63) is 0 Å². The van der Waals surface area contributed by atoms with Crippen molar-refractivity contribution in [1.29, 1.82) is 0 Å². The molecular formula is C32H69F4P2. The summed E-state index contributed by atoms with van der Waals surface area (Å²) in [6.07, 6.45) is 42.1. The number of hydrogen-bond acceptors (Lipinski definition) is 0. The zero-order valence-electron chi connectivity index (χ0n) is 26.3. The first-order valence-electron chi connectivity index (χ1n) is 16.8. The molecule has 0 saturated carbocycles. The van der Waals surface area contributed by atoms with Gasteiger partial charge < -0.3 is 0 Å². The van der Waals surface area contributed by atoms with E-state index in [-0.39, 0.29) is 0 Å². The molecule has 0 unspecified atom stereocenters. The van der Waals surface area contributed by atoms with Gasteiger partial charge in [0.2, 0.25) is 0 Å². The van der Waals surface area contributed by atoms with Gasteiger partial charge >= 0.3 is 25.3 Å². The Bertz CT molecular complexity index is 406. The topological polar surface area (TPSA) is 0 Å². The minimum absolute atomic E-state index is 0.697. The third-order valence-corrected chi connectivity index (χ3v) is 13.0. The molecule has 6 heteroatoms. The van der Waals surface area contributed by atoms with Crippen molar-refractivity contribution < 1.29 is 16.8 Å². The van der Waals surface area contributed by atoms with Gasteiger partial charge in [0.05, 0.1) is 24.6 Å². The van der Waals surface area contributed by atoms with E-state index in [1.165, 1.54) is 128 Å². The number of hydrogen-bond donors (Lipinski definition) is 0. The summed E-state index contributed by atoms with van der Waals surface area (Å²) in [5.74, 6) is 0. The molecule has 0 aliphatic carbocycles. The molecule has 0 saturated heterocycles. The summed E-state index contributed by atoms with van der Waals surface area (Å²) < 4.78 is 39.3. The van der Waals surface area contributed by atoms with Gasteiger partial charge in [0.1, 0.15) is 0 Å². The zero-order chi connectivity index (χ0) is 28.8. The molecule has 0 fully saturated rings. The fourth-order valence-corrected chi connectivity index (χ4v) is 10.5. The monoisotopic (exact) mass is 591 g/mol. The van der Waals surface area contributed by atoms with Gasteiger partial charge in [0.15, 0.2) is 0 Å². The van der Waals surface area contributed by atoms with Crippen molar-refractivity contribution in [2.24, 2.45) is 0 Å². The molecule has 0 aliphatic rings. The van der Waals surface area contributed by atoms with Crippen molar-refractivity contribution in [1.82, 2.24) is 0 Å². The molecule has 0 atom stereocenters. The molecule has 0 amide bonds. The van der Waals surface area contributed by atoms with Crippen LogP contribution in [0.5, 0.6) is 0 Å². The molecule has 38 heavy (non-hydrogen) atoms. The molecule has 0 aliphatic heterocycles. The molecule has 0 aromatic rings. The minimum atomic E-state index is -6.61. The van der Waals surface area contributed by atoms with Crippen LogP contribution in [0.1, 0.15) is 182 Å². The third-order valence-electron chi connectivity index (χ3n) is 7.94. The normalized spacial score (nSPS) is 12.4. The maximum atomic E-state index is 9.83. The van der Waals surface area contributed by atoms with E-state index in [2.05, 4.69) is 27.7 Å². The molecule has 0 N–H and O–H groups in total. The van der Waals surface area contributed by atoms with E-state index in [1.807, 2.05) is 0 Å². The summed E-state index contributed by atoms with van der Waals surface area (Å²) in [4.78, 5) is 0. The van der Waals surface area contributed by atoms with Gasteiger partial charge in [0.25, 0.3) is 0 Å². The average molecular weight is 592 g/mol. The quantitative estimate of drug-likeness (QED) is 0.0482. The molecule has 0 aromatic heterocycles. The molecule has 0 spiro atoms. The van der Waals surface area contributed by atoms with E-state index in [1.54, 1.807) is 50.3 Å². The van der Waals surface area contributed by atoms with Crippen LogP contribution >= 0.6 is 15.8 Å². The SMILES string of the molecule is CCCCCCCCCCCCCC[P+](CCCCCC)(CCCCCC)CCCCCC.F[PH-](F)(F)F. The van der Waals surface area contributed by atoms with E-state index in [4.69, 9.17) is 0 Å². The maximum absolute atomic E-state index is 9.83. The second kappa shape index (κ2) is 30.5. The third kappa shape index (κ3) is 34.6. The molecule has 235 valence electrons. The molecular weight excluding hydrogens is 522 g/mol. The van der Waals surface area contributed by atoms with Gasteiger partial charge in [0, 0.05) is 7.26 Å². The molecule has 0 aromatic carbocycles. The van der Waals surface area contributed by atoms with Crippen molar-refractivity contribution in [2.45, 2.75) is 182 Å². The zero-order valence-corrected chi connectivity index (χ0v) is 28.2. The van der Waals surface area contributed by atoms with Crippen LogP contribution in [-0.2, 0) is 0 Å². The van der Waals surface area contributed by atoms with Crippen LogP contribution in [0.3, 0.4) is 0 Å². The summed E-state index contributed by atoms with van der Waals surface area (Å²) in [6, 6.07) is 0. The standard InChI is InChI=1S/C32H68P.F4HP/c1-5-9-13-17-18-19-20-21-22-23-24-28-32-33(29-25-14-10-6-2,30-26-15-11-7-3)31-27-16-12-8-4;1-5(2,3)4/h5-32H2,1-4H3;5H/q+1;-1. The average Bonchev–Trinajstić information content (AvgIpc) is 2.87. The van der Waals surface area contributed by atoms with Crippen LogP contribution in [0.4, 0.5) is 16.8 Å². The molecule has 0 heterocycles. The van der Waals surface area contributed by atoms with Crippen molar-refractivity contribution in [3.63, 3.8) is 0 Å². The Morgan fingerprint density at radius 1 is 0.316 bits per heavy atom. The Morgan fingerprint density at radius 3 is 0.684 bits per heavy atom. The van der Waals surface area contributed by atoms with Gasteiger partial charge in [-0.1, -0.05) is 130 Å². The van der Waals surface area contributed by atoms with Crippen LogP contribution in [0, 0.1) is 0 Å². The van der Waals surface area contributed by atoms with E-state index < -0.39 is 15.8 Å². The second-order valence-electron chi connectivity index (χ2n) is 11.7. The number of rotatable bonds is 28. The summed E-state index contributed by atoms with van der Waals surface area (Å²) in [6.45, 7) is 9.41. The fraction of sp³-hybridized carbons (Fsp3) is 1.00. The van der Waals surface area contributed by atoms with E-state index in [9.17, 15) is 16.8 Å². The molecule has 0 rings (SSSR count). The van der Waals surface area contributed by atoms with E-state index in [0.717, 1.165) is 0 Å². The van der Waals surface area contributed by atoms with Gasteiger partial charge in [-0.05, 0) is 51.4 Å². The molecule has 0 bridgehead atoms.